The van der Waals surface area contributed by atoms with Crippen LogP contribution >= 0.6 is 11.6 Å². The highest BCUT2D eigenvalue weighted by molar-refractivity contribution is 6.28. The standard InChI is InChI=1S/C3ClF2NO/c4-2-1(5)3(6)7-8-2. The van der Waals surface area contributed by atoms with E-state index >= 15 is 0 Å². The minimum atomic E-state index is -1.31. The Kier molecular flexibility index (Phi) is 1.17. The van der Waals surface area contributed by atoms with Crippen LogP contribution in [0, 0.1) is 11.8 Å². The zero-order valence-corrected chi connectivity index (χ0v) is 4.25. The average molecular weight is 139 g/mol. The summed E-state index contributed by atoms with van der Waals surface area (Å²) in [5, 5.41) is 1.92. The van der Waals surface area contributed by atoms with E-state index < -0.39 is 17.0 Å². The summed E-state index contributed by atoms with van der Waals surface area (Å²) in [7, 11) is 0. The normalized spacial score (nSPS) is 9.88. The number of nitrogens with zero attached hydrogens (tertiary/aromatic N) is 1. The van der Waals surface area contributed by atoms with Gasteiger partial charge in [0.15, 0.2) is 0 Å². The van der Waals surface area contributed by atoms with Gasteiger partial charge in [-0.3, -0.25) is 0 Å². The molecule has 5 heteroatoms. The van der Waals surface area contributed by atoms with Crippen molar-refractivity contribution in [2.24, 2.45) is 0 Å². The SMILES string of the molecule is Fc1noc(Cl)c1F. The summed E-state index contributed by atoms with van der Waals surface area (Å²) in [6.07, 6.45) is 0. The Morgan fingerprint density at radius 2 is 2.12 bits per heavy atom. The van der Waals surface area contributed by atoms with Crippen LogP contribution in [0.1, 0.15) is 0 Å². The minimum Gasteiger partial charge on any atom is -0.338 e. The smallest absolute Gasteiger partial charge is 0.290 e. The van der Waals surface area contributed by atoms with Crippen LogP contribution in [-0.2, 0) is 0 Å². The van der Waals surface area contributed by atoms with Crippen LogP contribution in [-0.4, -0.2) is 5.16 Å². The molecule has 0 saturated carbocycles. The van der Waals surface area contributed by atoms with E-state index in [0.717, 1.165) is 0 Å². The van der Waals surface area contributed by atoms with Gasteiger partial charge in [0.25, 0.3) is 11.2 Å². The van der Waals surface area contributed by atoms with Crippen LogP contribution in [0.4, 0.5) is 8.78 Å². The third-order valence-corrected chi connectivity index (χ3v) is 0.795. The predicted octanol–water partition coefficient (Wildman–Crippen LogP) is 1.61. The van der Waals surface area contributed by atoms with Crippen molar-refractivity contribution in [3.8, 4) is 0 Å². The maximum atomic E-state index is 11.8. The average Bonchev–Trinajstić information content (AvgIpc) is 1.98. The first-order valence-electron chi connectivity index (χ1n) is 1.68. The van der Waals surface area contributed by atoms with Gasteiger partial charge in [0, 0.05) is 0 Å². The van der Waals surface area contributed by atoms with Crippen molar-refractivity contribution >= 4 is 11.6 Å². The molecular formula is C3ClF2NO. The van der Waals surface area contributed by atoms with Crippen molar-refractivity contribution < 1.29 is 13.3 Å². The van der Waals surface area contributed by atoms with Crippen LogP contribution < -0.4 is 0 Å². The van der Waals surface area contributed by atoms with E-state index in [2.05, 4.69) is 9.68 Å². The number of rotatable bonds is 0. The van der Waals surface area contributed by atoms with Crippen molar-refractivity contribution in [3.63, 3.8) is 0 Å². The van der Waals surface area contributed by atoms with E-state index in [4.69, 9.17) is 11.6 Å². The third kappa shape index (κ3) is 0.667. The number of hydrogen-bond acceptors (Lipinski definition) is 2. The summed E-state index contributed by atoms with van der Waals surface area (Å²) in [6, 6.07) is 0. The fraction of sp³-hybridized carbons (Fsp3) is 0. The van der Waals surface area contributed by atoms with Gasteiger partial charge in [0.05, 0.1) is 0 Å². The van der Waals surface area contributed by atoms with E-state index in [1.165, 1.54) is 0 Å². The molecule has 0 spiro atoms. The molecule has 0 aliphatic rings. The van der Waals surface area contributed by atoms with Crippen molar-refractivity contribution in [3.05, 3.63) is 17.0 Å². The highest BCUT2D eigenvalue weighted by Crippen LogP contribution is 2.14. The van der Waals surface area contributed by atoms with Crippen LogP contribution in [0.25, 0.3) is 0 Å². The van der Waals surface area contributed by atoms with Crippen molar-refractivity contribution in [2.45, 2.75) is 0 Å². The Labute approximate surface area is 48.0 Å². The topological polar surface area (TPSA) is 26.0 Å². The van der Waals surface area contributed by atoms with E-state index in [-0.39, 0.29) is 0 Å². The molecule has 0 radical (unpaired) electrons. The lowest BCUT2D eigenvalue weighted by Gasteiger charge is -1.70. The Hall–Kier alpha value is -0.640. The molecule has 0 aliphatic heterocycles. The van der Waals surface area contributed by atoms with Crippen LogP contribution in [0.5, 0.6) is 0 Å². The first-order chi connectivity index (χ1) is 3.72. The molecule has 1 aromatic heterocycles. The molecule has 0 N–H and O–H groups in total. The van der Waals surface area contributed by atoms with E-state index in [0.29, 0.717) is 0 Å². The van der Waals surface area contributed by atoms with Crippen molar-refractivity contribution in [2.75, 3.05) is 0 Å². The molecule has 0 aliphatic carbocycles. The molecule has 0 fully saturated rings. The molecular weight excluding hydrogens is 139 g/mol. The summed E-state index contributed by atoms with van der Waals surface area (Å²) in [6.45, 7) is 0. The highest BCUT2D eigenvalue weighted by Gasteiger charge is 2.11. The van der Waals surface area contributed by atoms with E-state index in [1.54, 1.807) is 0 Å². The number of halogens is 3. The van der Waals surface area contributed by atoms with E-state index in [9.17, 15) is 8.78 Å². The molecule has 2 nitrogen and oxygen atoms in total. The van der Waals surface area contributed by atoms with Gasteiger partial charge in [0.1, 0.15) is 0 Å². The molecule has 1 heterocycles. The van der Waals surface area contributed by atoms with Gasteiger partial charge in [-0.05, 0) is 16.8 Å². The van der Waals surface area contributed by atoms with Crippen LogP contribution in [0.3, 0.4) is 0 Å². The first kappa shape index (κ1) is 5.50. The summed E-state index contributed by atoms with van der Waals surface area (Å²) in [4.78, 5) is 0. The molecule has 0 saturated heterocycles. The lowest BCUT2D eigenvalue weighted by molar-refractivity contribution is 0.376. The molecule has 0 aromatic carbocycles. The fourth-order valence-corrected chi connectivity index (χ4v) is 0.354. The van der Waals surface area contributed by atoms with Gasteiger partial charge >= 0.3 is 0 Å². The first-order valence-corrected chi connectivity index (χ1v) is 2.06. The number of hydrogen-bond donors (Lipinski definition) is 0. The predicted molar refractivity (Wildman–Crippen MR) is 21.4 cm³/mol. The Bertz CT molecular complexity index is 180. The zero-order chi connectivity index (χ0) is 6.15. The van der Waals surface area contributed by atoms with Gasteiger partial charge in [-0.2, -0.15) is 8.78 Å². The fourth-order valence-electron chi connectivity index (χ4n) is 0.241. The lowest BCUT2D eigenvalue weighted by Crippen LogP contribution is -1.73. The second-order valence-electron chi connectivity index (χ2n) is 1.06. The molecule has 1 aromatic rings. The second kappa shape index (κ2) is 1.70. The summed E-state index contributed by atoms with van der Waals surface area (Å²) in [5.74, 6) is -2.55. The third-order valence-electron chi connectivity index (χ3n) is 0.560. The molecule has 1 rings (SSSR count). The largest absolute Gasteiger partial charge is 0.338 e. The molecule has 0 unspecified atom stereocenters. The number of aromatic nitrogens is 1. The van der Waals surface area contributed by atoms with Crippen LogP contribution in [0.15, 0.2) is 4.52 Å². The molecule has 44 valence electrons. The van der Waals surface area contributed by atoms with Gasteiger partial charge in [-0.25, -0.2) is 0 Å². The van der Waals surface area contributed by atoms with Gasteiger partial charge < -0.3 is 4.52 Å². The Morgan fingerprint density at radius 1 is 1.50 bits per heavy atom. The monoisotopic (exact) mass is 139 g/mol. The van der Waals surface area contributed by atoms with Crippen LogP contribution in [0.2, 0.25) is 5.22 Å². The van der Waals surface area contributed by atoms with Crippen molar-refractivity contribution in [1.29, 1.82) is 0 Å². The minimum absolute atomic E-state index is 0.650. The van der Waals surface area contributed by atoms with E-state index in [1.807, 2.05) is 0 Å². The second-order valence-corrected chi connectivity index (χ2v) is 1.40. The maximum Gasteiger partial charge on any atom is 0.290 e. The zero-order valence-electron chi connectivity index (χ0n) is 3.49. The Balaban J connectivity index is 3.19. The highest BCUT2D eigenvalue weighted by atomic mass is 35.5. The summed E-state index contributed by atoms with van der Waals surface area (Å²) >= 11 is 4.89. The van der Waals surface area contributed by atoms with Gasteiger partial charge in [-0.15, -0.1) is 0 Å². The molecule has 0 atom stereocenters. The van der Waals surface area contributed by atoms with Gasteiger partial charge in [0.2, 0.25) is 5.82 Å². The van der Waals surface area contributed by atoms with Gasteiger partial charge in [-0.1, -0.05) is 0 Å². The van der Waals surface area contributed by atoms with Crippen molar-refractivity contribution in [1.82, 2.24) is 5.16 Å². The lowest BCUT2D eigenvalue weighted by atomic mass is 10.7. The maximum absolute atomic E-state index is 11.8. The molecule has 0 bridgehead atoms. The summed E-state index contributed by atoms with van der Waals surface area (Å²) < 4.78 is 27.4. The molecule has 0 amide bonds. The quantitative estimate of drug-likeness (QED) is 0.546. The Morgan fingerprint density at radius 3 is 2.25 bits per heavy atom. The summed E-state index contributed by atoms with van der Waals surface area (Å²) in [5.41, 5.74) is 0. The molecule has 8 heavy (non-hydrogen) atoms.